The maximum atomic E-state index is 11.8. The van der Waals surface area contributed by atoms with E-state index in [0.29, 0.717) is 18.5 Å². The molecule has 1 aromatic carbocycles. The standard InChI is InChI=1S/C13H18N2O2/c16-7-1-5-15-13(17)11-3-2-10-4-6-14-9-12(10)8-11/h2-3,8,14,16H,1,4-7,9H2,(H,15,17). The Hall–Kier alpha value is -1.39. The van der Waals surface area contributed by atoms with E-state index >= 15 is 0 Å². The van der Waals surface area contributed by atoms with Crippen LogP contribution in [0.1, 0.15) is 27.9 Å². The van der Waals surface area contributed by atoms with E-state index in [1.807, 2.05) is 18.2 Å². The third kappa shape index (κ3) is 3.05. The van der Waals surface area contributed by atoms with Gasteiger partial charge in [0, 0.05) is 25.3 Å². The molecule has 2 rings (SSSR count). The molecule has 0 saturated heterocycles. The Morgan fingerprint density at radius 3 is 3.12 bits per heavy atom. The van der Waals surface area contributed by atoms with Crippen LogP contribution in [-0.4, -0.2) is 30.7 Å². The summed E-state index contributed by atoms with van der Waals surface area (Å²) in [6, 6.07) is 5.87. The first-order valence-electron chi connectivity index (χ1n) is 6.03. The van der Waals surface area contributed by atoms with E-state index in [-0.39, 0.29) is 12.5 Å². The van der Waals surface area contributed by atoms with Gasteiger partial charge in [-0.2, -0.15) is 0 Å². The summed E-state index contributed by atoms with van der Waals surface area (Å²) in [6.07, 6.45) is 1.62. The lowest BCUT2D eigenvalue weighted by Crippen LogP contribution is -2.27. The molecule has 0 fully saturated rings. The summed E-state index contributed by atoms with van der Waals surface area (Å²) in [7, 11) is 0. The van der Waals surface area contributed by atoms with Crippen LogP contribution in [0.25, 0.3) is 0 Å². The Morgan fingerprint density at radius 2 is 2.29 bits per heavy atom. The molecule has 0 saturated carbocycles. The quantitative estimate of drug-likeness (QED) is 0.663. The van der Waals surface area contributed by atoms with E-state index in [9.17, 15) is 4.79 Å². The van der Waals surface area contributed by atoms with Gasteiger partial charge in [-0.15, -0.1) is 0 Å². The summed E-state index contributed by atoms with van der Waals surface area (Å²) in [5.74, 6) is -0.0631. The Balaban J connectivity index is 2.03. The lowest BCUT2D eigenvalue weighted by atomic mass is 9.98. The normalized spacial score (nSPS) is 14.2. The zero-order chi connectivity index (χ0) is 12.1. The van der Waals surface area contributed by atoms with Gasteiger partial charge in [-0.1, -0.05) is 6.07 Å². The molecular formula is C13H18N2O2. The number of nitrogens with one attached hydrogen (secondary N) is 2. The fourth-order valence-corrected chi connectivity index (χ4v) is 2.00. The van der Waals surface area contributed by atoms with Gasteiger partial charge in [0.2, 0.25) is 0 Å². The molecule has 17 heavy (non-hydrogen) atoms. The Morgan fingerprint density at radius 1 is 1.41 bits per heavy atom. The molecule has 1 amide bonds. The molecule has 1 aliphatic heterocycles. The fourth-order valence-electron chi connectivity index (χ4n) is 2.00. The van der Waals surface area contributed by atoms with Crippen LogP contribution >= 0.6 is 0 Å². The van der Waals surface area contributed by atoms with Gasteiger partial charge in [-0.3, -0.25) is 4.79 Å². The SMILES string of the molecule is O=C(NCCCO)c1ccc2c(c1)CNCC2. The zero-order valence-electron chi connectivity index (χ0n) is 9.83. The number of amides is 1. The molecule has 0 bridgehead atoms. The van der Waals surface area contributed by atoms with Crippen molar-refractivity contribution in [1.29, 1.82) is 0 Å². The molecule has 1 aromatic rings. The monoisotopic (exact) mass is 234 g/mol. The highest BCUT2D eigenvalue weighted by Gasteiger charge is 2.11. The minimum absolute atomic E-state index is 0.0631. The van der Waals surface area contributed by atoms with E-state index in [0.717, 1.165) is 19.5 Å². The minimum atomic E-state index is -0.0631. The van der Waals surface area contributed by atoms with Crippen LogP contribution in [-0.2, 0) is 13.0 Å². The molecular weight excluding hydrogens is 216 g/mol. The molecule has 0 spiro atoms. The van der Waals surface area contributed by atoms with Crippen LogP contribution in [0.5, 0.6) is 0 Å². The van der Waals surface area contributed by atoms with Crippen molar-refractivity contribution in [2.75, 3.05) is 19.7 Å². The second-order valence-electron chi connectivity index (χ2n) is 4.24. The molecule has 1 heterocycles. The van der Waals surface area contributed by atoms with Crippen LogP contribution in [0.4, 0.5) is 0 Å². The minimum Gasteiger partial charge on any atom is -0.396 e. The Bertz CT molecular complexity index is 404. The smallest absolute Gasteiger partial charge is 0.251 e. The van der Waals surface area contributed by atoms with Crippen LogP contribution in [0, 0.1) is 0 Å². The van der Waals surface area contributed by atoms with Crippen molar-refractivity contribution >= 4 is 5.91 Å². The summed E-state index contributed by atoms with van der Waals surface area (Å²) < 4.78 is 0. The van der Waals surface area contributed by atoms with Crippen molar-refractivity contribution in [3.8, 4) is 0 Å². The Labute approximate surface area is 101 Å². The van der Waals surface area contributed by atoms with Gasteiger partial charge in [-0.25, -0.2) is 0 Å². The van der Waals surface area contributed by atoms with Gasteiger partial charge in [0.1, 0.15) is 0 Å². The molecule has 0 atom stereocenters. The first kappa shape index (κ1) is 12.1. The van der Waals surface area contributed by atoms with Gasteiger partial charge in [-0.05, 0) is 42.6 Å². The average molecular weight is 234 g/mol. The van der Waals surface area contributed by atoms with Gasteiger partial charge in [0.05, 0.1) is 0 Å². The molecule has 1 aliphatic rings. The molecule has 0 radical (unpaired) electrons. The van der Waals surface area contributed by atoms with E-state index in [4.69, 9.17) is 5.11 Å². The third-order valence-electron chi connectivity index (χ3n) is 2.98. The fraction of sp³-hybridized carbons (Fsp3) is 0.462. The number of hydrogen-bond acceptors (Lipinski definition) is 3. The second-order valence-corrected chi connectivity index (χ2v) is 4.24. The van der Waals surface area contributed by atoms with E-state index in [1.165, 1.54) is 11.1 Å². The zero-order valence-corrected chi connectivity index (χ0v) is 9.83. The van der Waals surface area contributed by atoms with E-state index in [2.05, 4.69) is 10.6 Å². The summed E-state index contributed by atoms with van der Waals surface area (Å²) in [4.78, 5) is 11.8. The topological polar surface area (TPSA) is 61.4 Å². The predicted molar refractivity (Wildman–Crippen MR) is 65.9 cm³/mol. The largest absolute Gasteiger partial charge is 0.396 e. The highest BCUT2D eigenvalue weighted by Crippen LogP contribution is 2.15. The number of carbonyl (C=O) groups excluding carboxylic acids is 1. The maximum Gasteiger partial charge on any atom is 0.251 e. The maximum absolute atomic E-state index is 11.8. The van der Waals surface area contributed by atoms with Crippen LogP contribution in [0.2, 0.25) is 0 Å². The number of benzene rings is 1. The van der Waals surface area contributed by atoms with Crippen molar-refractivity contribution in [3.05, 3.63) is 34.9 Å². The highest BCUT2D eigenvalue weighted by atomic mass is 16.3. The highest BCUT2D eigenvalue weighted by molar-refractivity contribution is 5.94. The molecule has 0 unspecified atom stereocenters. The number of aliphatic hydroxyl groups excluding tert-OH is 1. The van der Waals surface area contributed by atoms with Crippen molar-refractivity contribution in [1.82, 2.24) is 10.6 Å². The van der Waals surface area contributed by atoms with Crippen LogP contribution in [0.3, 0.4) is 0 Å². The number of hydrogen-bond donors (Lipinski definition) is 3. The van der Waals surface area contributed by atoms with Crippen molar-refractivity contribution in [2.45, 2.75) is 19.4 Å². The number of fused-ring (bicyclic) bond motifs is 1. The Kier molecular flexibility index (Phi) is 4.12. The first-order valence-corrected chi connectivity index (χ1v) is 6.03. The van der Waals surface area contributed by atoms with Crippen molar-refractivity contribution in [3.63, 3.8) is 0 Å². The molecule has 4 heteroatoms. The molecule has 4 nitrogen and oxygen atoms in total. The molecule has 0 aliphatic carbocycles. The molecule has 0 aromatic heterocycles. The summed E-state index contributed by atoms with van der Waals surface area (Å²) in [5, 5.41) is 14.7. The average Bonchev–Trinajstić information content (AvgIpc) is 2.38. The summed E-state index contributed by atoms with van der Waals surface area (Å²) in [6.45, 7) is 2.47. The van der Waals surface area contributed by atoms with Crippen LogP contribution < -0.4 is 10.6 Å². The van der Waals surface area contributed by atoms with Crippen molar-refractivity contribution < 1.29 is 9.90 Å². The third-order valence-corrected chi connectivity index (χ3v) is 2.98. The van der Waals surface area contributed by atoms with Gasteiger partial charge >= 0.3 is 0 Å². The number of aliphatic hydroxyl groups is 1. The summed E-state index contributed by atoms with van der Waals surface area (Å²) in [5.41, 5.74) is 3.24. The van der Waals surface area contributed by atoms with Crippen LogP contribution in [0.15, 0.2) is 18.2 Å². The number of rotatable bonds is 4. The van der Waals surface area contributed by atoms with E-state index in [1.54, 1.807) is 0 Å². The van der Waals surface area contributed by atoms with E-state index < -0.39 is 0 Å². The van der Waals surface area contributed by atoms with Gasteiger partial charge < -0.3 is 15.7 Å². The first-order chi connectivity index (χ1) is 8.31. The van der Waals surface area contributed by atoms with Crippen molar-refractivity contribution in [2.24, 2.45) is 0 Å². The number of carbonyl (C=O) groups is 1. The van der Waals surface area contributed by atoms with Gasteiger partial charge in [0.25, 0.3) is 5.91 Å². The molecule has 92 valence electrons. The predicted octanol–water partition coefficient (Wildman–Crippen LogP) is 0.444. The van der Waals surface area contributed by atoms with Gasteiger partial charge in [0.15, 0.2) is 0 Å². The molecule has 3 N–H and O–H groups in total. The second kappa shape index (κ2) is 5.80. The summed E-state index contributed by atoms with van der Waals surface area (Å²) >= 11 is 0. The lowest BCUT2D eigenvalue weighted by Gasteiger charge is -2.17. The lowest BCUT2D eigenvalue weighted by molar-refractivity contribution is 0.0951.